The maximum absolute atomic E-state index is 12.4. The van der Waals surface area contributed by atoms with E-state index < -0.39 is 5.97 Å². The van der Waals surface area contributed by atoms with Gasteiger partial charge in [0.25, 0.3) is 5.91 Å². The van der Waals surface area contributed by atoms with Crippen molar-refractivity contribution in [3.8, 4) is 0 Å². The van der Waals surface area contributed by atoms with Crippen LogP contribution < -0.4 is 5.32 Å². The van der Waals surface area contributed by atoms with Crippen LogP contribution in [0, 0.1) is 17.8 Å². The van der Waals surface area contributed by atoms with E-state index in [2.05, 4.69) is 17.2 Å². The molecule has 4 atom stereocenters. The molecule has 1 N–H and O–H groups in total. The monoisotopic (exact) mass is 316 g/mol. The summed E-state index contributed by atoms with van der Waals surface area (Å²) in [4.78, 5) is 28.3. The lowest BCUT2D eigenvalue weighted by Crippen LogP contribution is -2.40. The van der Waals surface area contributed by atoms with Crippen LogP contribution in [0.1, 0.15) is 60.5 Å². The summed E-state index contributed by atoms with van der Waals surface area (Å²) >= 11 is 0. The molecule has 2 fully saturated rings. The van der Waals surface area contributed by atoms with Crippen LogP contribution in [0.5, 0.6) is 0 Å². The molecule has 2 saturated carbocycles. The Morgan fingerprint density at radius 3 is 2.74 bits per heavy atom. The van der Waals surface area contributed by atoms with Gasteiger partial charge in [0.1, 0.15) is 11.4 Å². The number of hydrogen-bond donors (Lipinski definition) is 1. The number of hydrogen-bond acceptors (Lipinski definition) is 4. The van der Waals surface area contributed by atoms with Crippen LogP contribution in [0.3, 0.4) is 0 Å². The molecule has 1 aromatic rings. The minimum atomic E-state index is -0.497. The Morgan fingerprint density at radius 2 is 2.09 bits per heavy atom. The van der Waals surface area contributed by atoms with Crippen molar-refractivity contribution in [3.05, 3.63) is 29.6 Å². The molecule has 0 radical (unpaired) electrons. The number of carbonyl (C=O) groups excluding carboxylic acids is 2. The molecule has 23 heavy (non-hydrogen) atoms. The zero-order valence-corrected chi connectivity index (χ0v) is 13.7. The first-order valence-corrected chi connectivity index (χ1v) is 8.53. The molecule has 0 spiro atoms. The Bertz CT molecular complexity index is 602. The number of aromatic nitrogens is 1. The lowest BCUT2D eigenvalue weighted by atomic mass is 9.84. The molecule has 5 nitrogen and oxygen atoms in total. The number of fused-ring (bicyclic) bond motifs is 2. The lowest BCUT2D eigenvalue weighted by Gasteiger charge is -2.28. The highest BCUT2D eigenvalue weighted by Crippen LogP contribution is 2.49. The summed E-state index contributed by atoms with van der Waals surface area (Å²) in [7, 11) is 0. The Hall–Kier alpha value is -1.91. The van der Waals surface area contributed by atoms with Crippen LogP contribution in [0.25, 0.3) is 0 Å². The molecule has 3 rings (SSSR count). The first-order chi connectivity index (χ1) is 11.1. The van der Waals surface area contributed by atoms with E-state index in [1.807, 2.05) is 0 Å². The molecule has 2 aliphatic carbocycles. The normalized spacial score (nSPS) is 26.8. The molecule has 1 heterocycles. The van der Waals surface area contributed by atoms with Gasteiger partial charge in [-0.3, -0.25) is 4.79 Å². The van der Waals surface area contributed by atoms with E-state index in [1.54, 1.807) is 25.1 Å². The van der Waals surface area contributed by atoms with Crippen molar-refractivity contribution in [1.29, 1.82) is 0 Å². The van der Waals surface area contributed by atoms with Crippen molar-refractivity contribution in [2.75, 3.05) is 6.61 Å². The third-order valence-corrected chi connectivity index (χ3v) is 5.26. The predicted molar refractivity (Wildman–Crippen MR) is 86.1 cm³/mol. The zero-order chi connectivity index (χ0) is 16.4. The number of amides is 1. The van der Waals surface area contributed by atoms with Crippen LogP contribution in [0.15, 0.2) is 18.2 Å². The summed E-state index contributed by atoms with van der Waals surface area (Å²) in [6.45, 7) is 4.11. The molecular weight excluding hydrogens is 292 g/mol. The summed E-state index contributed by atoms with van der Waals surface area (Å²) in [6, 6.07) is 5.00. The van der Waals surface area contributed by atoms with E-state index in [-0.39, 0.29) is 29.9 Å². The van der Waals surface area contributed by atoms with Crippen molar-refractivity contribution in [2.45, 2.75) is 45.6 Å². The maximum Gasteiger partial charge on any atom is 0.356 e. The van der Waals surface area contributed by atoms with Gasteiger partial charge in [-0.05, 0) is 63.0 Å². The number of carbonyl (C=O) groups is 2. The average molecular weight is 316 g/mol. The summed E-state index contributed by atoms with van der Waals surface area (Å²) in [5.41, 5.74) is 0.442. The van der Waals surface area contributed by atoms with Crippen molar-refractivity contribution < 1.29 is 14.3 Å². The Morgan fingerprint density at radius 1 is 1.30 bits per heavy atom. The molecule has 2 aliphatic rings. The molecule has 124 valence electrons. The van der Waals surface area contributed by atoms with Crippen LogP contribution in [-0.2, 0) is 4.74 Å². The largest absolute Gasteiger partial charge is 0.461 e. The number of rotatable bonds is 5. The fourth-order valence-corrected chi connectivity index (χ4v) is 4.17. The second kappa shape index (κ2) is 6.69. The Balaban J connectivity index is 1.64. The molecule has 1 amide bonds. The van der Waals surface area contributed by atoms with Gasteiger partial charge in [0.05, 0.1) is 6.61 Å². The van der Waals surface area contributed by atoms with Gasteiger partial charge in [0.15, 0.2) is 0 Å². The highest BCUT2D eigenvalue weighted by atomic mass is 16.5. The van der Waals surface area contributed by atoms with E-state index in [9.17, 15) is 9.59 Å². The molecule has 1 aromatic heterocycles. The topological polar surface area (TPSA) is 68.3 Å². The van der Waals surface area contributed by atoms with Gasteiger partial charge in [-0.15, -0.1) is 0 Å². The lowest BCUT2D eigenvalue weighted by molar-refractivity contribution is 0.0519. The smallest absolute Gasteiger partial charge is 0.356 e. The van der Waals surface area contributed by atoms with E-state index in [1.165, 1.54) is 25.7 Å². The summed E-state index contributed by atoms with van der Waals surface area (Å²) in [6.07, 6.45) is 5.20. The highest BCUT2D eigenvalue weighted by molar-refractivity contribution is 5.94. The summed E-state index contributed by atoms with van der Waals surface area (Å²) < 4.78 is 4.93. The molecule has 4 unspecified atom stereocenters. The van der Waals surface area contributed by atoms with Crippen molar-refractivity contribution in [3.63, 3.8) is 0 Å². The first-order valence-electron chi connectivity index (χ1n) is 8.53. The van der Waals surface area contributed by atoms with E-state index in [0.29, 0.717) is 5.92 Å². The number of pyridine rings is 1. The second-order valence-corrected chi connectivity index (χ2v) is 6.73. The molecule has 5 heteroatoms. The Labute approximate surface area is 136 Å². The number of esters is 1. The first kappa shape index (κ1) is 16.0. The zero-order valence-electron chi connectivity index (χ0n) is 13.7. The number of ether oxygens (including phenoxy) is 1. The predicted octanol–water partition coefficient (Wildman–Crippen LogP) is 2.81. The SMILES string of the molecule is CCOC(=O)c1cccc(C(=O)NC(C)C2CC3CCC2C3)n1. The van der Waals surface area contributed by atoms with Gasteiger partial charge in [0, 0.05) is 6.04 Å². The van der Waals surface area contributed by atoms with Gasteiger partial charge < -0.3 is 10.1 Å². The van der Waals surface area contributed by atoms with Crippen LogP contribution in [0.4, 0.5) is 0 Å². The number of nitrogens with zero attached hydrogens (tertiary/aromatic N) is 1. The van der Waals surface area contributed by atoms with Crippen LogP contribution >= 0.6 is 0 Å². The maximum atomic E-state index is 12.4. The van der Waals surface area contributed by atoms with E-state index in [4.69, 9.17) is 4.74 Å². The van der Waals surface area contributed by atoms with E-state index >= 15 is 0 Å². The van der Waals surface area contributed by atoms with E-state index in [0.717, 1.165) is 11.8 Å². The van der Waals surface area contributed by atoms with Crippen LogP contribution in [-0.4, -0.2) is 29.5 Å². The van der Waals surface area contributed by atoms with Crippen molar-refractivity contribution in [1.82, 2.24) is 10.3 Å². The van der Waals surface area contributed by atoms with Gasteiger partial charge in [0.2, 0.25) is 0 Å². The van der Waals surface area contributed by atoms with Gasteiger partial charge in [-0.25, -0.2) is 9.78 Å². The third kappa shape index (κ3) is 3.38. The van der Waals surface area contributed by atoms with Gasteiger partial charge in [-0.2, -0.15) is 0 Å². The third-order valence-electron chi connectivity index (χ3n) is 5.26. The molecule has 0 aromatic carbocycles. The molecular formula is C18H24N2O3. The van der Waals surface area contributed by atoms with Gasteiger partial charge in [-0.1, -0.05) is 12.5 Å². The quantitative estimate of drug-likeness (QED) is 0.848. The second-order valence-electron chi connectivity index (χ2n) is 6.73. The molecule has 0 aliphatic heterocycles. The van der Waals surface area contributed by atoms with Crippen LogP contribution in [0.2, 0.25) is 0 Å². The summed E-state index contributed by atoms with van der Waals surface area (Å²) in [5.74, 6) is 1.48. The minimum Gasteiger partial charge on any atom is -0.461 e. The van der Waals surface area contributed by atoms with Crippen molar-refractivity contribution >= 4 is 11.9 Å². The fraction of sp³-hybridized carbons (Fsp3) is 0.611. The molecule has 2 bridgehead atoms. The highest BCUT2D eigenvalue weighted by Gasteiger charge is 2.42. The summed E-state index contributed by atoms with van der Waals surface area (Å²) in [5, 5.41) is 3.07. The Kier molecular flexibility index (Phi) is 4.64. The molecule has 0 saturated heterocycles. The minimum absolute atomic E-state index is 0.144. The van der Waals surface area contributed by atoms with Gasteiger partial charge >= 0.3 is 5.97 Å². The standard InChI is InChI=1S/C18H24N2O3/c1-3-23-18(22)16-6-4-5-15(20-16)17(21)19-11(2)14-10-12-7-8-13(14)9-12/h4-6,11-14H,3,7-10H2,1-2H3,(H,19,21). The average Bonchev–Trinajstić information content (AvgIpc) is 3.18. The number of nitrogens with one attached hydrogen (secondary N) is 1. The fourth-order valence-electron chi connectivity index (χ4n) is 4.17. The van der Waals surface area contributed by atoms with Crippen molar-refractivity contribution in [2.24, 2.45) is 17.8 Å².